The highest BCUT2D eigenvalue weighted by Crippen LogP contribution is 2.42. The summed E-state index contributed by atoms with van der Waals surface area (Å²) in [6.45, 7) is 2.00. The second-order valence-corrected chi connectivity index (χ2v) is 4.82. The van der Waals surface area contributed by atoms with E-state index in [2.05, 4.69) is 5.32 Å². The molecule has 3 heteroatoms. The molecule has 2 atom stereocenters. The molecule has 3 nitrogen and oxygen atoms in total. The molecular formula is C14H19NO2. The summed E-state index contributed by atoms with van der Waals surface area (Å²) in [4.78, 5) is 12.1. The lowest BCUT2D eigenvalue weighted by atomic mass is 9.93. The number of aliphatic hydroxyl groups is 1. The minimum atomic E-state index is -0.491. The molecule has 0 aliphatic heterocycles. The predicted octanol–water partition coefficient (Wildman–Crippen LogP) is 1.68. The fourth-order valence-electron chi connectivity index (χ4n) is 2.09. The Bertz CT molecular complexity index is 371. The van der Waals surface area contributed by atoms with Crippen LogP contribution in [-0.4, -0.2) is 23.7 Å². The van der Waals surface area contributed by atoms with E-state index in [0.29, 0.717) is 12.5 Å². The molecule has 1 aliphatic rings. The van der Waals surface area contributed by atoms with Crippen molar-refractivity contribution in [3.63, 3.8) is 0 Å². The first-order valence-corrected chi connectivity index (χ1v) is 6.19. The van der Waals surface area contributed by atoms with Gasteiger partial charge in [0.1, 0.15) is 0 Å². The Labute approximate surface area is 102 Å². The number of hydrogen-bond acceptors (Lipinski definition) is 2. The molecule has 1 aromatic rings. The van der Waals surface area contributed by atoms with Crippen molar-refractivity contribution in [2.75, 3.05) is 6.54 Å². The lowest BCUT2D eigenvalue weighted by Gasteiger charge is -2.17. The number of rotatable bonds is 5. The van der Waals surface area contributed by atoms with E-state index in [4.69, 9.17) is 0 Å². The Morgan fingerprint density at radius 1 is 1.41 bits per heavy atom. The highest BCUT2D eigenvalue weighted by atomic mass is 16.3. The quantitative estimate of drug-likeness (QED) is 0.813. The average Bonchev–Trinajstić information content (AvgIpc) is 3.12. The molecule has 0 aromatic heterocycles. The Kier molecular flexibility index (Phi) is 3.79. The third kappa shape index (κ3) is 3.30. The zero-order valence-electron chi connectivity index (χ0n) is 10.1. The number of carbonyl (C=O) groups is 1. The molecule has 0 spiro atoms. The van der Waals surface area contributed by atoms with Crippen molar-refractivity contribution in [3.8, 4) is 0 Å². The predicted molar refractivity (Wildman–Crippen MR) is 66.6 cm³/mol. The standard InChI is InChI=1S/C14H19NO2/c1-10(16)9-15-14(17)13(12-7-8-12)11-5-3-2-4-6-11/h2-6,10,12-13,16H,7-9H2,1H3,(H,15,17). The van der Waals surface area contributed by atoms with Crippen LogP contribution in [0.5, 0.6) is 0 Å². The lowest BCUT2D eigenvalue weighted by molar-refractivity contribution is -0.123. The van der Waals surface area contributed by atoms with Crippen molar-refractivity contribution in [1.82, 2.24) is 5.32 Å². The SMILES string of the molecule is CC(O)CNC(=O)C(c1ccccc1)C1CC1. The second kappa shape index (κ2) is 5.32. The van der Waals surface area contributed by atoms with Crippen LogP contribution in [0.3, 0.4) is 0 Å². The monoisotopic (exact) mass is 233 g/mol. The van der Waals surface area contributed by atoms with Gasteiger partial charge in [-0.05, 0) is 31.2 Å². The summed E-state index contributed by atoms with van der Waals surface area (Å²) in [5, 5.41) is 12.0. The van der Waals surface area contributed by atoms with Gasteiger partial charge in [0.05, 0.1) is 12.0 Å². The van der Waals surface area contributed by atoms with Gasteiger partial charge in [-0.3, -0.25) is 4.79 Å². The van der Waals surface area contributed by atoms with Gasteiger partial charge < -0.3 is 10.4 Å². The zero-order valence-corrected chi connectivity index (χ0v) is 10.1. The maximum Gasteiger partial charge on any atom is 0.227 e. The van der Waals surface area contributed by atoms with Crippen LogP contribution in [-0.2, 0) is 4.79 Å². The maximum atomic E-state index is 12.1. The summed E-state index contributed by atoms with van der Waals surface area (Å²) in [5.41, 5.74) is 1.08. The lowest BCUT2D eigenvalue weighted by Crippen LogP contribution is -2.35. The highest BCUT2D eigenvalue weighted by Gasteiger charge is 2.36. The molecule has 17 heavy (non-hydrogen) atoms. The molecule has 0 heterocycles. The second-order valence-electron chi connectivity index (χ2n) is 4.82. The molecule has 1 saturated carbocycles. The van der Waals surface area contributed by atoms with Crippen molar-refractivity contribution in [2.45, 2.75) is 31.8 Å². The van der Waals surface area contributed by atoms with Gasteiger partial charge in [-0.1, -0.05) is 30.3 Å². The van der Waals surface area contributed by atoms with Crippen LogP contribution in [0.15, 0.2) is 30.3 Å². The Morgan fingerprint density at radius 3 is 2.59 bits per heavy atom. The van der Waals surface area contributed by atoms with E-state index >= 15 is 0 Å². The molecule has 1 amide bonds. The van der Waals surface area contributed by atoms with Gasteiger partial charge in [-0.15, -0.1) is 0 Å². The maximum absolute atomic E-state index is 12.1. The Morgan fingerprint density at radius 2 is 2.06 bits per heavy atom. The normalized spacial score (nSPS) is 18.5. The van der Waals surface area contributed by atoms with Gasteiger partial charge in [0.2, 0.25) is 5.91 Å². The fraction of sp³-hybridized carbons (Fsp3) is 0.500. The summed E-state index contributed by atoms with van der Waals surface area (Å²) in [7, 11) is 0. The topological polar surface area (TPSA) is 49.3 Å². The molecule has 1 aromatic carbocycles. The van der Waals surface area contributed by atoms with Gasteiger partial charge in [-0.2, -0.15) is 0 Å². The van der Waals surface area contributed by atoms with Gasteiger partial charge >= 0.3 is 0 Å². The third-order valence-electron chi connectivity index (χ3n) is 3.11. The van der Waals surface area contributed by atoms with Gasteiger partial charge in [-0.25, -0.2) is 0 Å². The number of benzene rings is 1. The number of aliphatic hydroxyl groups excluding tert-OH is 1. The van der Waals surface area contributed by atoms with E-state index in [1.54, 1.807) is 6.92 Å². The van der Waals surface area contributed by atoms with E-state index < -0.39 is 6.10 Å². The van der Waals surface area contributed by atoms with Crippen LogP contribution in [0.2, 0.25) is 0 Å². The van der Waals surface area contributed by atoms with Crippen molar-refractivity contribution >= 4 is 5.91 Å². The van der Waals surface area contributed by atoms with E-state index in [9.17, 15) is 9.90 Å². The van der Waals surface area contributed by atoms with Crippen LogP contribution >= 0.6 is 0 Å². The molecule has 1 fully saturated rings. The first kappa shape index (κ1) is 12.1. The summed E-state index contributed by atoms with van der Waals surface area (Å²) < 4.78 is 0. The largest absolute Gasteiger partial charge is 0.392 e. The molecule has 2 unspecified atom stereocenters. The molecule has 0 bridgehead atoms. The fourth-order valence-corrected chi connectivity index (χ4v) is 2.09. The molecular weight excluding hydrogens is 214 g/mol. The van der Waals surface area contributed by atoms with Crippen LogP contribution < -0.4 is 5.32 Å². The van der Waals surface area contributed by atoms with Gasteiger partial charge in [0, 0.05) is 6.54 Å². The molecule has 1 aliphatic carbocycles. The summed E-state index contributed by atoms with van der Waals surface area (Å²) in [5.74, 6) is 0.473. The number of carbonyl (C=O) groups excluding carboxylic acids is 1. The first-order chi connectivity index (χ1) is 8.18. The van der Waals surface area contributed by atoms with Gasteiger partial charge in [0.15, 0.2) is 0 Å². The minimum Gasteiger partial charge on any atom is -0.392 e. The van der Waals surface area contributed by atoms with Crippen LogP contribution in [0.4, 0.5) is 0 Å². The smallest absolute Gasteiger partial charge is 0.227 e. The molecule has 0 radical (unpaired) electrons. The van der Waals surface area contributed by atoms with E-state index in [1.165, 1.54) is 0 Å². The van der Waals surface area contributed by atoms with E-state index in [0.717, 1.165) is 18.4 Å². The number of hydrogen-bond donors (Lipinski definition) is 2. The summed E-state index contributed by atoms with van der Waals surface area (Å²) >= 11 is 0. The third-order valence-corrected chi connectivity index (χ3v) is 3.11. The molecule has 2 N–H and O–H groups in total. The molecule has 0 saturated heterocycles. The molecule has 92 valence electrons. The molecule has 2 rings (SSSR count). The summed E-state index contributed by atoms with van der Waals surface area (Å²) in [6, 6.07) is 9.90. The Hall–Kier alpha value is -1.35. The minimum absolute atomic E-state index is 0.0413. The van der Waals surface area contributed by atoms with Crippen LogP contribution in [0.25, 0.3) is 0 Å². The van der Waals surface area contributed by atoms with Crippen molar-refractivity contribution in [1.29, 1.82) is 0 Å². The Balaban J connectivity index is 2.05. The number of nitrogens with one attached hydrogen (secondary N) is 1. The summed E-state index contributed by atoms with van der Waals surface area (Å²) in [6.07, 6.45) is 1.76. The number of amides is 1. The van der Waals surface area contributed by atoms with Crippen LogP contribution in [0.1, 0.15) is 31.2 Å². The average molecular weight is 233 g/mol. The first-order valence-electron chi connectivity index (χ1n) is 6.19. The van der Waals surface area contributed by atoms with Crippen molar-refractivity contribution < 1.29 is 9.90 Å². The van der Waals surface area contributed by atoms with E-state index in [1.807, 2.05) is 30.3 Å². The van der Waals surface area contributed by atoms with Crippen molar-refractivity contribution in [3.05, 3.63) is 35.9 Å². The van der Waals surface area contributed by atoms with Crippen molar-refractivity contribution in [2.24, 2.45) is 5.92 Å². The van der Waals surface area contributed by atoms with E-state index in [-0.39, 0.29) is 11.8 Å². The highest BCUT2D eigenvalue weighted by molar-refractivity contribution is 5.84. The van der Waals surface area contributed by atoms with Crippen LogP contribution in [0, 0.1) is 5.92 Å². The van der Waals surface area contributed by atoms with Gasteiger partial charge in [0.25, 0.3) is 0 Å². The zero-order chi connectivity index (χ0) is 12.3.